The molecular formula is C23H21BrClN5OS. The van der Waals surface area contributed by atoms with E-state index in [0.29, 0.717) is 29.5 Å². The topological polar surface area (TPSA) is 71.3 Å². The van der Waals surface area contributed by atoms with Gasteiger partial charge in [-0.15, -0.1) is 11.8 Å². The second-order valence-electron chi connectivity index (χ2n) is 6.97. The largest absolute Gasteiger partial charge is 0.370 e. The summed E-state index contributed by atoms with van der Waals surface area (Å²) in [5.74, 6) is 1.24. The summed E-state index contributed by atoms with van der Waals surface area (Å²) in [5.41, 5.74) is 2.32. The molecule has 2 heterocycles. The van der Waals surface area contributed by atoms with E-state index in [2.05, 4.69) is 31.7 Å². The first-order chi connectivity index (χ1) is 15.6. The quantitative estimate of drug-likeness (QED) is 0.220. The van der Waals surface area contributed by atoms with E-state index >= 15 is 0 Å². The number of halogens is 2. The number of rotatable bonds is 9. The standard InChI is InChI=1S/C23H21BrClN5OS/c24-18-14-28-30-21(13-20(29-23(18)30)17-9-4-5-10-19(17)25)26-11-6-12-27-22(31)15-32-16-7-2-1-3-8-16/h1-5,7-10,13-14,26H,6,11-12,15H2,(H,27,31). The Morgan fingerprint density at radius 1 is 1.09 bits per heavy atom. The van der Waals surface area contributed by atoms with Crippen molar-refractivity contribution >= 4 is 56.7 Å². The first-order valence-electron chi connectivity index (χ1n) is 10.1. The van der Waals surface area contributed by atoms with E-state index in [9.17, 15) is 4.79 Å². The van der Waals surface area contributed by atoms with Crippen molar-refractivity contribution in [2.75, 3.05) is 24.2 Å². The van der Waals surface area contributed by atoms with Crippen LogP contribution in [0.1, 0.15) is 6.42 Å². The molecule has 2 aromatic carbocycles. The van der Waals surface area contributed by atoms with Crippen LogP contribution in [-0.2, 0) is 4.79 Å². The summed E-state index contributed by atoms with van der Waals surface area (Å²) < 4.78 is 2.55. The monoisotopic (exact) mass is 529 g/mol. The predicted octanol–water partition coefficient (Wildman–Crippen LogP) is 5.52. The molecule has 4 rings (SSSR count). The number of hydrogen-bond acceptors (Lipinski definition) is 5. The van der Waals surface area contributed by atoms with Gasteiger partial charge in [0.1, 0.15) is 5.82 Å². The van der Waals surface area contributed by atoms with Gasteiger partial charge in [0.15, 0.2) is 5.65 Å². The molecule has 0 atom stereocenters. The fourth-order valence-electron chi connectivity index (χ4n) is 3.12. The van der Waals surface area contributed by atoms with Crippen LogP contribution in [0.25, 0.3) is 16.9 Å². The van der Waals surface area contributed by atoms with Gasteiger partial charge in [0.05, 0.1) is 22.1 Å². The lowest BCUT2D eigenvalue weighted by Crippen LogP contribution is -2.27. The Morgan fingerprint density at radius 2 is 1.88 bits per heavy atom. The number of carbonyl (C=O) groups is 1. The first-order valence-corrected chi connectivity index (χ1v) is 12.2. The molecule has 0 aliphatic carbocycles. The van der Waals surface area contributed by atoms with Crippen LogP contribution in [0, 0.1) is 0 Å². The van der Waals surface area contributed by atoms with Crippen LogP contribution in [0.2, 0.25) is 5.02 Å². The van der Waals surface area contributed by atoms with Crippen molar-refractivity contribution < 1.29 is 4.79 Å². The highest BCUT2D eigenvalue weighted by Gasteiger charge is 2.13. The highest BCUT2D eigenvalue weighted by molar-refractivity contribution is 9.10. The van der Waals surface area contributed by atoms with Gasteiger partial charge in [-0.25, -0.2) is 4.98 Å². The molecular weight excluding hydrogens is 510 g/mol. The predicted molar refractivity (Wildman–Crippen MR) is 134 cm³/mol. The summed E-state index contributed by atoms with van der Waals surface area (Å²) in [6.07, 6.45) is 2.49. The third-order valence-electron chi connectivity index (χ3n) is 4.67. The average Bonchev–Trinajstić information content (AvgIpc) is 3.19. The molecule has 1 amide bonds. The zero-order valence-electron chi connectivity index (χ0n) is 17.1. The average molecular weight is 531 g/mol. The van der Waals surface area contributed by atoms with Gasteiger partial charge < -0.3 is 10.6 Å². The molecule has 0 saturated carbocycles. The van der Waals surface area contributed by atoms with Crippen LogP contribution >= 0.6 is 39.3 Å². The first kappa shape index (κ1) is 22.6. The Bertz CT molecular complexity index is 1220. The smallest absolute Gasteiger partial charge is 0.230 e. The Kier molecular flexibility index (Phi) is 7.68. The van der Waals surface area contributed by atoms with Crippen LogP contribution in [0.4, 0.5) is 5.82 Å². The van der Waals surface area contributed by atoms with Gasteiger partial charge in [0.2, 0.25) is 5.91 Å². The van der Waals surface area contributed by atoms with Crippen LogP contribution in [0.15, 0.2) is 76.2 Å². The number of amides is 1. The normalized spacial score (nSPS) is 10.9. The number of carbonyl (C=O) groups excluding carboxylic acids is 1. The maximum Gasteiger partial charge on any atom is 0.230 e. The van der Waals surface area contributed by atoms with E-state index in [-0.39, 0.29) is 5.91 Å². The number of hydrogen-bond donors (Lipinski definition) is 2. The third-order valence-corrected chi connectivity index (χ3v) is 6.57. The van der Waals surface area contributed by atoms with Crippen molar-refractivity contribution in [2.45, 2.75) is 11.3 Å². The number of fused-ring (bicyclic) bond motifs is 1. The van der Waals surface area contributed by atoms with Crippen LogP contribution in [-0.4, -0.2) is 39.3 Å². The van der Waals surface area contributed by atoms with Crippen molar-refractivity contribution in [2.24, 2.45) is 0 Å². The zero-order valence-corrected chi connectivity index (χ0v) is 20.3. The van der Waals surface area contributed by atoms with E-state index in [1.165, 1.54) is 11.8 Å². The number of thioether (sulfide) groups is 1. The molecule has 2 aromatic heterocycles. The molecule has 4 aromatic rings. The Hall–Kier alpha value is -2.55. The lowest BCUT2D eigenvalue weighted by Gasteiger charge is -2.12. The van der Waals surface area contributed by atoms with Gasteiger partial charge in [-0.1, -0.05) is 48.0 Å². The van der Waals surface area contributed by atoms with Crippen molar-refractivity contribution in [3.8, 4) is 11.3 Å². The molecule has 0 aliphatic rings. The molecule has 164 valence electrons. The van der Waals surface area contributed by atoms with Gasteiger partial charge in [-0.05, 0) is 40.5 Å². The fraction of sp³-hybridized carbons (Fsp3) is 0.174. The Balaban J connectivity index is 1.34. The van der Waals surface area contributed by atoms with E-state index < -0.39 is 0 Å². The van der Waals surface area contributed by atoms with Crippen LogP contribution in [0.5, 0.6) is 0 Å². The number of aromatic nitrogens is 3. The number of nitrogens with zero attached hydrogens (tertiary/aromatic N) is 3. The summed E-state index contributed by atoms with van der Waals surface area (Å²) in [4.78, 5) is 17.9. The second kappa shape index (κ2) is 10.8. The van der Waals surface area contributed by atoms with Crippen molar-refractivity contribution in [3.63, 3.8) is 0 Å². The number of nitrogens with one attached hydrogen (secondary N) is 2. The minimum atomic E-state index is 0.0298. The highest BCUT2D eigenvalue weighted by Crippen LogP contribution is 2.30. The van der Waals surface area contributed by atoms with Crippen molar-refractivity contribution in [1.29, 1.82) is 0 Å². The molecule has 6 nitrogen and oxygen atoms in total. The lowest BCUT2D eigenvalue weighted by atomic mass is 10.1. The van der Waals surface area contributed by atoms with E-state index in [4.69, 9.17) is 16.6 Å². The van der Waals surface area contributed by atoms with Gasteiger partial charge in [-0.2, -0.15) is 9.61 Å². The Morgan fingerprint density at radius 3 is 2.69 bits per heavy atom. The Labute approximate surface area is 203 Å². The molecule has 0 aliphatic heterocycles. The van der Waals surface area contributed by atoms with Crippen molar-refractivity contribution in [3.05, 3.63) is 76.4 Å². The molecule has 2 N–H and O–H groups in total. The summed E-state index contributed by atoms with van der Waals surface area (Å²) in [5, 5.41) is 11.4. The molecule has 0 radical (unpaired) electrons. The minimum absolute atomic E-state index is 0.0298. The SMILES string of the molecule is O=C(CSc1ccccc1)NCCCNc1cc(-c2ccccc2Cl)nc2c(Br)cnn12. The number of anilines is 1. The lowest BCUT2D eigenvalue weighted by molar-refractivity contribution is -0.118. The molecule has 0 fully saturated rings. The van der Waals surface area contributed by atoms with Gasteiger partial charge in [0.25, 0.3) is 0 Å². The molecule has 0 saturated heterocycles. The van der Waals surface area contributed by atoms with E-state index in [1.807, 2.05) is 60.7 Å². The van der Waals surface area contributed by atoms with Gasteiger partial charge >= 0.3 is 0 Å². The minimum Gasteiger partial charge on any atom is -0.370 e. The third kappa shape index (κ3) is 5.62. The summed E-state index contributed by atoms with van der Waals surface area (Å²) in [6.45, 7) is 1.26. The number of benzene rings is 2. The molecule has 32 heavy (non-hydrogen) atoms. The maximum atomic E-state index is 12.1. The van der Waals surface area contributed by atoms with Crippen LogP contribution < -0.4 is 10.6 Å². The van der Waals surface area contributed by atoms with Crippen molar-refractivity contribution in [1.82, 2.24) is 19.9 Å². The zero-order chi connectivity index (χ0) is 22.3. The molecule has 0 spiro atoms. The van der Waals surface area contributed by atoms with E-state index in [0.717, 1.165) is 32.9 Å². The highest BCUT2D eigenvalue weighted by atomic mass is 79.9. The molecule has 0 bridgehead atoms. The molecule has 0 unspecified atom stereocenters. The second-order valence-corrected chi connectivity index (χ2v) is 9.28. The fourth-order valence-corrected chi connectivity index (χ4v) is 4.45. The van der Waals surface area contributed by atoms with Gasteiger partial charge in [-0.3, -0.25) is 4.79 Å². The maximum absolute atomic E-state index is 12.1. The summed E-state index contributed by atoms with van der Waals surface area (Å²) in [6, 6.07) is 19.5. The molecule has 9 heteroatoms. The summed E-state index contributed by atoms with van der Waals surface area (Å²) in [7, 11) is 0. The summed E-state index contributed by atoms with van der Waals surface area (Å²) >= 11 is 11.4. The van der Waals surface area contributed by atoms with E-state index in [1.54, 1.807) is 10.7 Å². The van der Waals surface area contributed by atoms with Crippen LogP contribution in [0.3, 0.4) is 0 Å². The van der Waals surface area contributed by atoms with Gasteiger partial charge in [0, 0.05) is 34.6 Å².